The highest BCUT2D eigenvalue weighted by atomic mass is 16.5. The fourth-order valence-corrected chi connectivity index (χ4v) is 3.62. The summed E-state index contributed by atoms with van der Waals surface area (Å²) in [5.41, 5.74) is 1.11. The number of imide groups is 1. The maximum Gasteiger partial charge on any atom is 0.316 e. The summed E-state index contributed by atoms with van der Waals surface area (Å²) >= 11 is 0. The van der Waals surface area contributed by atoms with Gasteiger partial charge in [0.25, 0.3) is 0 Å². The van der Waals surface area contributed by atoms with Gasteiger partial charge in [0.05, 0.1) is 18.7 Å². The van der Waals surface area contributed by atoms with Gasteiger partial charge in [-0.1, -0.05) is 6.07 Å². The van der Waals surface area contributed by atoms with Gasteiger partial charge in [-0.25, -0.2) is 0 Å². The second-order valence-electron chi connectivity index (χ2n) is 7.14. The third-order valence-electron chi connectivity index (χ3n) is 5.19. The molecule has 3 amide bonds. The standard InChI is InChI=1S/C22H20N2O6/c1-29-18-4-2-3-16(12-18)23-13-14(11-21(23)27)22(28)30-17-7-5-15(6-8-17)24-19(25)9-10-20(24)26/h2-8,12,14H,9-11,13H2,1H3/t14-/m0/s1. The first-order valence-electron chi connectivity index (χ1n) is 9.58. The highest BCUT2D eigenvalue weighted by Crippen LogP contribution is 2.30. The molecule has 2 aromatic carbocycles. The smallest absolute Gasteiger partial charge is 0.316 e. The van der Waals surface area contributed by atoms with Gasteiger partial charge in [-0.15, -0.1) is 0 Å². The molecule has 2 fully saturated rings. The Hall–Kier alpha value is -3.68. The molecule has 0 bridgehead atoms. The van der Waals surface area contributed by atoms with Gasteiger partial charge in [0.15, 0.2) is 0 Å². The molecule has 154 valence electrons. The van der Waals surface area contributed by atoms with Crippen LogP contribution in [-0.2, 0) is 19.2 Å². The van der Waals surface area contributed by atoms with E-state index in [1.54, 1.807) is 48.4 Å². The molecule has 2 aliphatic rings. The average Bonchev–Trinajstić information content (AvgIpc) is 3.31. The number of carbonyl (C=O) groups excluding carboxylic acids is 4. The molecule has 0 N–H and O–H groups in total. The van der Waals surface area contributed by atoms with Gasteiger partial charge in [0.2, 0.25) is 17.7 Å². The Labute approximate surface area is 173 Å². The van der Waals surface area contributed by atoms with E-state index < -0.39 is 11.9 Å². The van der Waals surface area contributed by atoms with E-state index in [4.69, 9.17) is 9.47 Å². The van der Waals surface area contributed by atoms with E-state index in [1.807, 2.05) is 0 Å². The first kappa shape index (κ1) is 19.6. The zero-order valence-corrected chi connectivity index (χ0v) is 16.4. The summed E-state index contributed by atoms with van der Waals surface area (Å²) < 4.78 is 10.6. The lowest BCUT2D eigenvalue weighted by molar-refractivity contribution is -0.139. The number of esters is 1. The van der Waals surface area contributed by atoms with Gasteiger partial charge in [-0.05, 0) is 36.4 Å². The Balaban J connectivity index is 1.41. The van der Waals surface area contributed by atoms with Crippen LogP contribution in [0.25, 0.3) is 0 Å². The van der Waals surface area contributed by atoms with Gasteiger partial charge in [0.1, 0.15) is 11.5 Å². The van der Waals surface area contributed by atoms with E-state index in [0.717, 1.165) is 4.90 Å². The average molecular weight is 408 g/mol. The lowest BCUT2D eigenvalue weighted by Crippen LogP contribution is -2.28. The zero-order valence-electron chi connectivity index (χ0n) is 16.4. The molecule has 4 rings (SSSR count). The summed E-state index contributed by atoms with van der Waals surface area (Å²) in [4.78, 5) is 51.3. The van der Waals surface area contributed by atoms with Gasteiger partial charge in [-0.2, -0.15) is 0 Å². The summed E-state index contributed by atoms with van der Waals surface area (Å²) in [5.74, 6) is -0.832. The molecule has 2 heterocycles. The molecular formula is C22H20N2O6. The fourth-order valence-electron chi connectivity index (χ4n) is 3.62. The van der Waals surface area contributed by atoms with Crippen molar-refractivity contribution >= 4 is 35.1 Å². The monoisotopic (exact) mass is 408 g/mol. The van der Waals surface area contributed by atoms with Crippen LogP contribution in [0.5, 0.6) is 11.5 Å². The van der Waals surface area contributed by atoms with Crippen LogP contribution in [0.15, 0.2) is 48.5 Å². The van der Waals surface area contributed by atoms with Gasteiger partial charge >= 0.3 is 5.97 Å². The number of hydrogen-bond donors (Lipinski definition) is 0. The molecule has 8 nitrogen and oxygen atoms in total. The molecule has 0 aromatic heterocycles. The van der Waals surface area contributed by atoms with Crippen molar-refractivity contribution in [3.05, 3.63) is 48.5 Å². The van der Waals surface area contributed by atoms with E-state index in [0.29, 0.717) is 17.1 Å². The number of hydrogen-bond acceptors (Lipinski definition) is 6. The molecule has 0 unspecified atom stereocenters. The normalized spacial score (nSPS) is 18.8. The molecule has 2 aromatic rings. The molecule has 30 heavy (non-hydrogen) atoms. The quantitative estimate of drug-likeness (QED) is 0.428. The maximum atomic E-state index is 12.6. The predicted octanol–water partition coefficient (Wildman–Crippen LogP) is 2.31. The Morgan fingerprint density at radius 3 is 2.27 bits per heavy atom. The first-order chi connectivity index (χ1) is 14.5. The summed E-state index contributed by atoms with van der Waals surface area (Å²) in [5, 5.41) is 0. The van der Waals surface area contributed by atoms with Crippen LogP contribution >= 0.6 is 0 Å². The van der Waals surface area contributed by atoms with Crippen LogP contribution in [0.3, 0.4) is 0 Å². The number of benzene rings is 2. The molecule has 2 aliphatic heterocycles. The fraction of sp³-hybridized carbons (Fsp3) is 0.273. The maximum absolute atomic E-state index is 12.6. The number of amides is 3. The van der Waals surface area contributed by atoms with Crippen LogP contribution in [0, 0.1) is 5.92 Å². The highest BCUT2D eigenvalue weighted by molar-refractivity contribution is 6.19. The van der Waals surface area contributed by atoms with Crippen LogP contribution in [0.1, 0.15) is 19.3 Å². The number of rotatable bonds is 5. The van der Waals surface area contributed by atoms with Gasteiger partial charge < -0.3 is 14.4 Å². The summed E-state index contributed by atoms with van der Waals surface area (Å²) in [6.45, 7) is 0.222. The van der Waals surface area contributed by atoms with Crippen molar-refractivity contribution in [1.82, 2.24) is 0 Å². The van der Waals surface area contributed by atoms with E-state index in [-0.39, 0.29) is 49.3 Å². The number of nitrogens with zero attached hydrogens (tertiary/aromatic N) is 2. The first-order valence-corrected chi connectivity index (χ1v) is 9.58. The third-order valence-corrected chi connectivity index (χ3v) is 5.19. The molecule has 0 radical (unpaired) electrons. The summed E-state index contributed by atoms with van der Waals surface area (Å²) in [6, 6.07) is 13.3. The Morgan fingerprint density at radius 2 is 1.60 bits per heavy atom. The predicted molar refractivity (Wildman–Crippen MR) is 107 cm³/mol. The molecule has 1 atom stereocenters. The number of ether oxygens (including phenoxy) is 2. The van der Waals surface area contributed by atoms with Crippen LogP contribution in [0.2, 0.25) is 0 Å². The van der Waals surface area contributed by atoms with Crippen molar-refractivity contribution < 1.29 is 28.7 Å². The van der Waals surface area contributed by atoms with Crippen LogP contribution in [0.4, 0.5) is 11.4 Å². The summed E-state index contributed by atoms with van der Waals surface area (Å²) in [7, 11) is 1.55. The summed E-state index contributed by atoms with van der Waals surface area (Å²) in [6.07, 6.45) is 0.467. The van der Waals surface area contributed by atoms with Gasteiger partial charge in [-0.3, -0.25) is 24.1 Å². The van der Waals surface area contributed by atoms with E-state index in [2.05, 4.69) is 0 Å². The second-order valence-corrected chi connectivity index (χ2v) is 7.14. The van der Waals surface area contributed by atoms with Crippen molar-refractivity contribution in [3.8, 4) is 11.5 Å². The lowest BCUT2D eigenvalue weighted by atomic mass is 10.1. The number of carbonyl (C=O) groups is 4. The number of anilines is 2. The zero-order chi connectivity index (χ0) is 21.3. The van der Waals surface area contributed by atoms with E-state index in [9.17, 15) is 19.2 Å². The van der Waals surface area contributed by atoms with Crippen LogP contribution in [-0.4, -0.2) is 37.3 Å². The number of methoxy groups -OCH3 is 1. The lowest BCUT2D eigenvalue weighted by Gasteiger charge is -2.17. The van der Waals surface area contributed by atoms with Crippen molar-refractivity contribution in [2.24, 2.45) is 5.92 Å². The Morgan fingerprint density at radius 1 is 0.900 bits per heavy atom. The highest BCUT2D eigenvalue weighted by Gasteiger charge is 2.36. The van der Waals surface area contributed by atoms with Crippen molar-refractivity contribution in [2.75, 3.05) is 23.5 Å². The molecule has 0 saturated carbocycles. The largest absolute Gasteiger partial charge is 0.497 e. The minimum atomic E-state index is -0.592. The minimum absolute atomic E-state index is 0.0604. The third kappa shape index (κ3) is 3.76. The molecule has 8 heteroatoms. The van der Waals surface area contributed by atoms with Crippen molar-refractivity contribution in [3.63, 3.8) is 0 Å². The molecular weight excluding hydrogens is 388 g/mol. The van der Waals surface area contributed by atoms with E-state index in [1.165, 1.54) is 12.1 Å². The Bertz CT molecular complexity index is 1000. The molecule has 0 aliphatic carbocycles. The molecule has 2 saturated heterocycles. The van der Waals surface area contributed by atoms with E-state index >= 15 is 0 Å². The van der Waals surface area contributed by atoms with Crippen molar-refractivity contribution in [1.29, 1.82) is 0 Å². The van der Waals surface area contributed by atoms with Crippen molar-refractivity contribution in [2.45, 2.75) is 19.3 Å². The van der Waals surface area contributed by atoms with Gasteiger partial charge in [0, 0.05) is 37.6 Å². The minimum Gasteiger partial charge on any atom is -0.497 e. The second kappa shape index (κ2) is 7.98. The molecule has 0 spiro atoms. The topological polar surface area (TPSA) is 93.2 Å². The SMILES string of the molecule is COc1cccc(N2C[C@@H](C(=O)Oc3ccc(N4C(=O)CCC4=O)cc3)CC2=O)c1. The Kier molecular flexibility index (Phi) is 5.22. The van der Waals surface area contributed by atoms with Crippen LogP contribution < -0.4 is 19.3 Å².